The zero-order chi connectivity index (χ0) is 17.7. The second kappa shape index (κ2) is 7.39. The summed E-state index contributed by atoms with van der Waals surface area (Å²) in [5, 5.41) is 6.17. The minimum atomic E-state index is -0.0590. The molecule has 0 saturated carbocycles. The monoisotopic (exact) mass is 325 g/mol. The second-order valence-corrected chi connectivity index (χ2v) is 7.14. The van der Waals surface area contributed by atoms with Gasteiger partial charge in [-0.3, -0.25) is 4.79 Å². The average Bonchev–Trinajstić information content (AvgIpc) is 2.53. The first-order chi connectivity index (χ1) is 11.3. The Morgan fingerprint density at radius 1 is 1.00 bits per heavy atom. The third kappa shape index (κ3) is 4.75. The molecule has 24 heavy (non-hydrogen) atoms. The zero-order valence-corrected chi connectivity index (χ0v) is 15.2. The maximum atomic E-state index is 12.2. The van der Waals surface area contributed by atoms with E-state index in [1.54, 1.807) is 0 Å². The molecule has 0 aliphatic heterocycles. The Morgan fingerprint density at radius 3 is 2.21 bits per heavy atom. The molecule has 0 unspecified atom stereocenters. The number of rotatable bonds is 5. The number of hydrogen-bond acceptors (Lipinski definition) is 3. The molecule has 0 aliphatic carbocycles. The minimum Gasteiger partial charge on any atom is -0.378 e. The van der Waals surface area contributed by atoms with E-state index in [9.17, 15) is 4.79 Å². The van der Waals surface area contributed by atoms with Gasteiger partial charge in [0.05, 0.1) is 6.54 Å². The lowest BCUT2D eigenvalue weighted by atomic mass is 9.86. The van der Waals surface area contributed by atoms with Crippen LogP contribution in [0.2, 0.25) is 0 Å². The van der Waals surface area contributed by atoms with Crippen LogP contribution < -0.4 is 15.5 Å². The van der Waals surface area contributed by atoms with Crippen LogP contribution in [0.1, 0.15) is 26.3 Å². The van der Waals surface area contributed by atoms with Gasteiger partial charge < -0.3 is 15.5 Å². The largest absolute Gasteiger partial charge is 0.378 e. The van der Waals surface area contributed by atoms with Gasteiger partial charge in [-0.15, -0.1) is 0 Å². The highest BCUT2D eigenvalue weighted by atomic mass is 16.1. The van der Waals surface area contributed by atoms with E-state index >= 15 is 0 Å². The number of hydrogen-bond donors (Lipinski definition) is 2. The van der Waals surface area contributed by atoms with Crippen LogP contribution in [-0.2, 0) is 10.2 Å². The molecule has 0 aliphatic rings. The molecule has 0 radical (unpaired) electrons. The van der Waals surface area contributed by atoms with E-state index in [-0.39, 0.29) is 17.9 Å². The first-order valence-corrected chi connectivity index (χ1v) is 8.18. The Balaban J connectivity index is 1.97. The van der Waals surface area contributed by atoms with E-state index in [4.69, 9.17) is 0 Å². The lowest BCUT2D eigenvalue weighted by Crippen LogP contribution is -2.23. The van der Waals surface area contributed by atoms with Crippen molar-refractivity contribution in [1.82, 2.24) is 0 Å². The first kappa shape index (κ1) is 17.9. The Bertz CT molecular complexity index is 685. The second-order valence-electron chi connectivity index (χ2n) is 7.14. The summed E-state index contributed by atoms with van der Waals surface area (Å²) in [6, 6.07) is 15.9. The third-order valence-electron chi connectivity index (χ3n) is 3.84. The number of para-hydroxylation sites is 1. The summed E-state index contributed by atoms with van der Waals surface area (Å²) in [4.78, 5) is 14.2. The summed E-state index contributed by atoms with van der Waals surface area (Å²) in [5.74, 6) is -0.0590. The smallest absolute Gasteiger partial charge is 0.243 e. The molecule has 0 heterocycles. The normalized spacial score (nSPS) is 11.0. The van der Waals surface area contributed by atoms with Gasteiger partial charge in [0, 0.05) is 31.2 Å². The Hall–Kier alpha value is -2.49. The molecule has 0 bridgehead atoms. The quantitative estimate of drug-likeness (QED) is 0.870. The van der Waals surface area contributed by atoms with Crippen LogP contribution in [0.25, 0.3) is 0 Å². The number of nitrogens with zero attached hydrogens (tertiary/aromatic N) is 1. The van der Waals surface area contributed by atoms with Gasteiger partial charge in [0.1, 0.15) is 0 Å². The third-order valence-corrected chi connectivity index (χ3v) is 3.84. The van der Waals surface area contributed by atoms with Crippen molar-refractivity contribution in [3.05, 3.63) is 54.1 Å². The van der Waals surface area contributed by atoms with Gasteiger partial charge in [-0.25, -0.2) is 0 Å². The van der Waals surface area contributed by atoms with Gasteiger partial charge >= 0.3 is 0 Å². The van der Waals surface area contributed by atoms with E-state index in [1.165, 1.54) is 5.56 Å². The van der Waals surface area contributed by atoms with Gasteiger partial charge in [-0.05, 0) is 41.3 Å². The average molecular weight is 325 g/mol. The van der Waals surface area contributed by atoms with Crippen molar-refractivity contribution in [1.29, 1.82) is 0 Å². The van der Waals surface area contributed by atoms with E-state index in [2.05, 4.69) is 37.5 Å². The predicted octanol–water partition coefficient (Wildman–Crippen LogP) is 4.10. The molecule has 0 spiro atoms. The van der Waals surface area contributed by atoms with Crippen LogP contribution in [0.4, 0.5) is 17.1 Å². The number of amides is 1. The van der Waals surface area contributed by atoms with Crippen LogP contribution in [0, 0.1) is 0 Å². The van der Waals surface area contributed by atoms with Gasteiger partial charge in [-0.2, -0.15) is 0 Å². The lowest BCUT2D eigenvalue weighted by molar-refractivity contribution is -0.114. The molecule has 2 N–H and O–H groups in total. The van der Waals surface area contributed by atoms with Crippen LogP contribution in [0.3, 0.4) is 0 Å². The topological polar surface area (TPSA) is 44.4 Å². The molecule has 0 saturated heterocycles. The Kier molecular flexibility index (Phi) is 5.50. The summed E-state index contributed by atoms with van der Waals surface area (Å²) < 4.78 is 0. The first-order valence-electron chi connectivity index (χ1n) is 8.18. The molecule has 0 fully saturated rings. The van der Waals surface area contributed by atoms with E-state index in [1.807, 2.05) is 61.5 Å². The molecule has 2 aromatic rings. The molecule has 128 valence electrons. The van der Waals surface area contributed by atoms with Crippen molar-refractivity contribution in [3.8, 4) is 0 Å². The van der Waals surface area contributed by atoms with Crippen molar-refractivity contribution < 1.29 is 4.79 Å². The zero-order valence-electron chi connectivity index (χ0n) is 15.2. The molecule has 0 aromatic heterocycles. The molecule has 4 heteroatoms. The molecule has 2 rings (SSSR count). The van der Waals surface area contributed by atoms with Crippen molar-refractivity contribution in [2.45, 2.75) is 26.2 Å². The highest BCUT2D eigenvalue weighted by Crippen LogP contribution is 2.29. The standard InChI is InChI=1S/C20H27N3O/c1-20(2,3)17-8-6-7-9-18(17)21-14-19(24)22-15-10-12-16(13-11-15)23(4)5/h6-13,21H,14H2,1-5H3,(H,22,24). The number of benzene rings is 2. The van der Waals surface area contributed by atoms with Crippen molar-refractivity contribution >= 4 is 23.0 Å². The fraction of sp³-hybridized carbons (Fsp3) is 0.350. The molecule has 2 aromatic carbocycles. The highest BCUT2D eigenvalue weighted by molar-refractivity contribution is 5.94. The van der Waals surface area contributed by atoms with E-state index in [0.717, 1.165) is 17.1 Å². The summed E-state index contributed by atoms with van der Waals surface area (Å²) in [6.07, 6.45) is 0. The van der Waals surface area contributed by atoms with Crippen LogP contribution in [0.5, 0.6) is 0 Å². The molecular formula is C20H27N3O. The number of nitrogens with one attached hydrogen (secondary N) is 2. The maximum absolute atomic E-state index is 12.2. The van der Waals surface area contributed by atoms with E-state index < -0.39 is 0 Å². The SMILES string of the molecule is CN(C)c1ccc(NC(=O)CNc2ccccc2C(C)(C)C)cc1. The summed E-state index contributed by atoms with van der Waals surface area (Å²) in [5.41, 5.74) is 4.14. The van der Waals surface area contributed by atoms with Crippen LogP contribution in [-0.4, -0.2) is 26.5 Å². The van der Waals surface area contributed by atoms with Crippen molar-refractivity contribution in [2.75, 3.05) is 36.2 Å². The minimum absolute atomic E-state index is 0.0298. The number of carbonyl (C=O) groups excluding carboxylic acids is 1. The predicted molar refractivity (Wildman–Crippen MR) is 103 cm³/mol. The number of carbonyl (C=O) groups is 1. The van der Waals surface area contributed by atoms with Gasteiger partial charge in [0.25, 0.3) is 0 Å². The Morgan fingerprint density at radius 2 is 1.62 bits per heavy atom. The fourth-order valence-corrected chi connectivity index (χ4v) is 2.51. The highest BCUT2D eigenvalue weighted by Gasteiger charge is 2.17. The van der Waals surface area contributed by atoms with Gasteiger partial charge in [0.15, 0.2) is 0 Å². The summed E-state index contributed by atoms with van der Waals surface area (Å²) in [7, 11) is 3.98. The van der Waals surface area contributed by atoms with Crippen LogP contribution in [0.15, 0.2) is 48.5 Å². The summed E-state index contributed by atoms with van der Waals surface area (Å²) >= 11 is 0. The lowest BCUT2D eigenvalue weighted by Gasteiger charge is -2.23. The molecule has 0 atom stereocenters. The number of anilines is 3. The van der Waals surface area contributed by atoms with E-state index in [0.29, 0.717) is 0 Å². The molecule has 1 amide bonds. The van der Waals surface area contributed by atoms with Gasteiger partial charge in [0.2, 0.25) is 5.91 Å². The molecule has 4 nitrogen and oxygen atoms in total. The maximum Gasteiger partial charge on any atom is 0.243 e. The molecular weight excluding hydrogens is 298 g/mol. The van der Waals surface area contributed by atoms with Crippen molar-refractivity contribution in [2.24, 2.45) is 0 Å². The van der Waals surface area contributed by atoms with Crippen molar-refractivity contribution in [3.63, 3.8) is 0 Å². The summed E-state index contributed by atoms with van der Waals surface area (Å²) in [6.45, 7) is 6.74. The van der Waals surface area contributed by atoms with Crippen LogP contribution >= 0.6 is 0 Å². The fourth-order valence-electron chi connectivity index (χ4n) is 2.51. The van der Waals surface area contributed by atoms with Gasteiger partial charge in [-0.1, -0.05) is 39.0 Å². The Labute approximate surface area is 144 Å².